The molecule has 1 aromatic rings. The lowest BCUT2D eigenvalue weighted by Crippen LogP contribution is -2.55. The van der Waals surface area contributed by atoms with Crippen LogP contribution in [0.3, 0.4) is 0 Å². The number of phenols is 1. The van der Waals surface area contributed by atoms with Crippen molar-refractivity contribution in [2.75, 3.05) is 7.11 Å². The van der Waals surface area contributed by atoms with Gasteiger partial charge in [0.05, 0.1) is 18.3 Å². The molecule has 3 heteroatoms. The van der Waals surface area contributed by atoms with Gasteiger partial charge in [-0.15, -0.1) is 0 Å². The third kappa shape index (κ3) is 3.08. The maximum absolute atomic E-state index is 9.88. The number of methoxy groups -OCH3 is 1. The first kappa shape index (κ1) is 17.0. The van der Waals surface area contributed by atoms with Gasteiger partial charge in [-0.3, -0.25) is 0 Å². The third-order valence-corrected chi connectivity index (χ3v) is 6.11. The Morgan fingerprint density at radius 1 is 1.12 bits per heavy atom. The van der Waals surface area contributed by atoms with Crippen LogP contribution in [-0.2, 0) is 9.47 Å². The fraction of sp³-hybridized carbons (Fsp3) is 0.636. The number of hydrogen-bond acceptors (Lipinski definition) is 3. The SMILES string of the molecule is COC(=C1C2CC3CC1CC(OC(C)(C)C)(C3)C2)c1cccc(O)c1. The second-order valence-corrected chi connectivity index (χ2v) is 9.28. The molecule has 136 valence electrons. The summed E-state index contributed by atoms with van der Waals surface area (Å²) < 4.78 is 12.5. The highest BCUT2D eigenvalue weighted by molar-refractivity contribution is 5.66. The number of rotatable bonds is 3. The first-order valence-corrected chi connectivity index (χ1v) is 9.56. The van der Waals surface area contributed by atoms with E-state index in [1.165, 1.54) is 24.8 Å². The molecular weight excluding hydrogens is 312 g/mol. The molecule has 3 nitrogen and oxygen atoms in total. The molecule has 25 heavy (non-hydrogen) atoms. The molecule has 0 spiro atoms. The molecule has 4 aliphatic carbocycles. The molecule has 2 atom stereocenters. The van der Waals surface area contributed by atoms with Gasteiger partial charge in [-0.1, -0.05) is 12.1 Å². The smallest absolute Gasteiger partial charge is 0.125 e. The van der Waals surface area contributed by atoms with Gasteiger partial charge in [0.1, 0.15) is 11.5 Å². The zero-order valence-electron chi connectivity index (χ0n) is 15.8. The van der Waals surface area contributed by atoms with Crippen molar-refractivity contribution in [1.82, 2.24) is 0 Å². The normalized spacial score (nSPS) is 33.6. The number of allylic oxidation sites excluding steroid dienone is 1. The van der Waals surface area contributed by atoms with Crippen molar-refractivity contribution in [3.63, 3.8) is 0 Å². The highest BCUT2D eigenvalue weighted by atomic mass is 16.5. The molecule has 0 amide bonds. The van der Waals surface area contributed by atoms with Crippen molar-refractivity contribution in [3.8, 4) is 5.75 Å². The summed E-state index contributed by atoms with van der Waals surface area (Å²) in [5, 5.41) is 9.88. The van der Waals surface area contributed by atoms with Crippen molar-refractivity contribution in [1.29, 1.82) is 0 Å². The molecule has 0 heterocycles. The Labute approximate surface area is 151 Å². The molecule has 4 aliphatic rings. The first-order valence-electron chi connectivity index (χ1n) is 9.56. The lowest BCUT2D eigenvalue weighted by atomic mass is 9.51. The van der Waals surface area contributed by atoms with Gasteiger partial charge in [0.15, 0.2) is 0 Å². The molecule has 5 rings (SSSR count). The summed E-state index contributed by atoms with van der Waals surface area (Å²) >= 11 is 0. The second-order valence-electron chi connectivity index (χ2n) is 9.28. The number of benzene rings is 1. The van der Waals surface area contributed by atoms with Crippen molar-refractivity contribution in [3.05, 3.63) is 35.4 Å². The van der Waals surface area contributed by atoms with Crippen LogP contribution in [0, 0.1) is 17.8 Å². The average Bonchev–Trinajstić information content (AvgIpc) is 2.47. The zero-order chi connectivity index (χ0) is 17.8. The van der Waals surface area contributed by atoms with Crippen LogP contribution < -0.4 is 0 Å². The van der Waals surface area contributed by atoms with Gasteiger partial charge in [0, 0.05) is 5.56 Å². The van der Waals surface area contributed by atoms with E-state index in [-0.39, 0.29) is 11.2 Å². The van der Waals surface area contributed by atoms with Gasteiger partial charge in [-0.2, -0.15) is 0 Å². The minimum absolute atomic E-state index is 0.0515. The summed E-state index contributed by atoms with van der Waals surface area (Å²) in [6.07, 6.45) is 5.95. The van der Waals surface area contributed by atoms with Crippen molar-refractivity contribution in [2.45, 2.75) is 64.1 Å². The maximum Gasteiger partial charge on any atom is 0.125 e. The Morgan fingerprint density at radius 3 is 2.36 bits per heavy atom. The van der Waals surface area contributed by atoms with Crippen LogP contribution in [0.4, 0.5) is 0 Å². The quantitative estimate of drug-likeness (QED) is 0.773. The molecule has 1 N–H and O–H groups in total. The van der Waals surface area contributed by atoms with Crippen LogP contribution in [0.15, 0.2) is 29.8 Å². The summed E-state index contributed by atoms with van der Waals surface area (Å²) in [4.78, 5) is 0. The lowest BCUT2D eigenvalue weighted by molar-refractivity contribution is -0.197. The summed E-state index contributed by atoms with van der Waals surface area (Å²) in [5.74, 6) is 3.15. The van der Waals surface area contributed by atoms with Crippen LogP contribution in [0.1, 0.15) is 58.4 Å². The van der Waals surface area contributed by atoms with Crippen molar-refractivity contribution >= 4 is 5.76 Å². The van der Waals surface area contributed by atoms with Crippen LogP contribution >= 0.6 is 0 Å². The molecule has 4 saturated carbocycles. The largest absolute Gasteiger partial charge is 0.508 e. The predicted molar refractivity (Wildman–Crippen MR) is 99.2 cm³/mol. The van der Waals surface area contributed by atoms with Gasteiger partial charge in [-0.05, 0) is 88.3 Å². The lowest BCUT2D eigenvalue weighted by Gasteiger charge is -2.59. The van der Waals surface area contributed by atoms with Gasteiger partial charge in [0.25, 0.3) is 0 Å². The van der Waals surface area contributed by atoms with E-state index in [1.807, 2.05) is 18.2 Å². The van der Waals surface area contributed by atoms with Crippen molar-refractivity contribution in [2.24, 2.45) is 17.8 Å². The van der Waals surface area contributed by atoms with Gasteiger partial charge in [0.2, 0.25) is 0 Å². The third-order valence-electron chi connectivity index (χ3n) is 6.11. The molecule has 0 aliphatic heterocycles. The Morgan fingerprint density at radius 2 is 1.80 bits per heavy atom. The minimum Gasteiger partial charge on any atom is -0.508 e. The molecule has 2 unspecified atom stereocenters. The van der Waals surface area contributed by atoms with Crippen LogP contribution in [0.5, 0.6) is 5.75 Å². The number of phenolic OH excluding ortho intramolecular Hbond substituents is 1. The predicted octanol–water partition coefficient (Wildman–Crippen LogP) is 5.14. The zero-order valence-corrected chi connectivity index (χ0v) is 15.8. The monoisotopic (exact) mass is 342 g/mol. The van der Waals surface area contributed by atoms with E-state index in [2.05, 4.69) is 20.8 Å². The fourth-order valence-electron chi connectivity index (χ4n) is 5.91. The highest BCUT2D eigenvalue weighted by Gasteiger charge is 2.56. The van der Waals surface area contributed by atoms with E-state index in [0.29, 0.717) is 17.6 Å². The van der Waals surface area contributed by atoms with Gasteiger partial charge < -0.3 is 14.6 Å². The van der Waals surface area contributed by atoms with Gasteiger partial charge >= 0.3 is 0 Å². The minimum atomic E-state index is -0.0924. The van der Waals surface area contributed by atoms with Crippen LogP contribution in [0.25, 0.3) is 5.76 Å². The van der Waals surface area contributed by atoms with E-state index in [4.69, 9.17) is 9.47 Å². The Balaban J connectivity index is 1.72. The summed E-state index contributed by atoms with van der Waals surface area (Å²) in [7, 11) is 1.76. The molecule has 4 bridgehead atoms. The van der Waals surface area contributed by atoms with Crippen LogP contribution in [-0.4, -0.2) is 23.4 Å². The van der Waals surface area contributed by atoms with E-state index >= 15 is 0 Å². The summed E-state index contributed by atoms with van der Waals surface area (Å²) in [6.45, 7) is 6.53. The standard InChI is InChI=1S/C22H30O3/c1-21(2,3)25-22-11-14-8-16(12-22)19(17(9-14)13-22)20(24-4)15-6-5-7-18(23)10-15/h5-7,10,14,16-17,23H,8-9,11-13H2,1-4H3. The Bertz CT molecular complexity index is 679. The molecule has 0 radical (unpaired) electrons. The Kier molecular flexibility index (Phi) is 3.91. The van der Waals surface area contributed by atoms with E-state index < -0.39 is 0 Å². The second kappa shape index (κ2) is 5.77. The van der Waals surface area contributed by atoms with E-state index in [0.717, 1.165) is 30.1 Å². The summed E-state index contributed by atoms with van der Waals surface area (Å²) in [5.41, 5.74) is 2.42. The Hall–Kier alpha value is -1.48. The maximum atomic E-state index is 9.88. The average molecular weight is 342 g/mol. The van der Waals surface area contributed by atoms with Crippen molar-refractivity contribution < 1.29 is 14.6 Å². The number of hydrogen-bond donors (Lipinski definition) is 1. The number of aromatic hydroxyl groups is 1. The summed E-state index contributed by atoms with van der Waals surface area (Å²) in [6, 6.07) is 7.46. The molecule has 1 aromatic carbocycles. The van der Waals surface area contributed by atoms with E-state index in [9.17, 15) is 5.11 Å². The van der Waals surface area contributed by atoms with E-state index in [1.54, 1.807) is 13.2 Å². The molecule has 4 fully saturated rings. The highest BCUT2D eigenvalue weighted by Crippen LogP contribution is 2.61. The first-order chi connectivity index (χ1) is 11.8. The van der Waals surface area contributed by atoms with Crippen LogP contribution in [0.2, 0.25) is 0 Å². The molecule has 0 aromatic heterocycles. The molecule has 0 saturated heterocycles. The molecular formula is C22H30O3. The topological polar surface area (TPSA) is 38.7 Å². The van der Waals surface area contributed by atoms with Gasteiger partial charge in [-0.25, -0.2) is 0 Å². The number of ether oxygens (including phenoxy) is 2. The fourth-order valence-corrected chi connectivity index (χ4v) is 5.91.